The van der Waals surface area contributed by atoms with Crippen molar-refractivity contribution in [2.75, 3.05) is 31.1 Å². The lowest BCUT2D eigenvalue weighted by molar-refractivity contribution is 0.192. The molecule has 134 valence electrons. The van der Waals surface area contributed by atoms with E-state index >= 15 is 0 Å². The Morgan fingerprint density at radius 3 is 2.50 bits per heavy atom. The topological polar surface area (TPSA) is 50.3 Å². The van der Waals surface area contributed by atoms with Crippen molar-refractivity contribution in [1.82, 2.24) is 19.7 Å². The molecule has 0 saturated carbocycles. The van der Waals surface area contributed by atoms with Crippen LogP contribution in [-0.4, -0.2) is 45.8 Å². The number of nitrogens with zero attached hydrogens (tertiary/aromatic N) is 5. The van der Waals surface area contributed by atoms with E-state index in [4.69, 9.17) is 28.2 Å². The summed E-state index contributed by atoms with van der Waals surface area (Å²) in [6.45, 7) is 4.30. The highest BCUT2D eigenvalue weighted by atomic mass is 35.5. The van der Waals surface area contributed by atoms with Gasteiger partial charge in [0, 0.05) is 43.0 Å². The standard InChI is InChI=1S/C18H18ClN5OS/c19-15-6-4-14(5-7-15)17-21-24(18(26)25-17)13-22-9-11-23(12-10-22)16-3-1-2-8-20-16/h1-8H,9-13H2. The third-order valence-electron chi connectivity index (χ3n) is 4.38. The van der Waals surface area contributed by atoms with E-state index in [1.807, 2.05) is 48.7 Å². The lowest BCUT2D eigenvalue weighted by Gasteiger charge is -2.34. The zero-order valence-electron chi connectivity index (χ0n) is 14.1. The number of rotatable bonds is 4. The van der Waals surface area contributed by atoms with Crippen LogP contribution in [0.1, 0.15) is 0 Å². The summed E-state index contributed by atoms with van der Waals surface area (Å²) in [5.74, 6) is 1.54. The molecule has 0 aliphatic carbocycles. The Bertz CT molecular complexity index is 917. The average Bonchev–Trinajstić information content (AvgIpc) is 3.04. The lowest BCUT2D eigenvalue weighted by atomic mass is 10.2. The first-order chi connectivity index (χ1) is 12.7. The van der Waals surface area contributed by atoms with Gasteiger partial charge in [0.05, 0.1) is 6.67 Å². The van der Waals surface area contributed by atoms with Gasteiger partial charge >= 0.3 is 0 Å². The van der Waals surface area contributed by atoms with Crippen LogP contribution in [0.3, 0.4) is 0 Å². The van der Waals surface area contributed by atoms with Crippen LogP contribution in [0.5, 0.6) is 0 Å². The molecule has 3 heterocycles. The number of hydrogen-bond donors (Lipinski definition) is 0. The monoisotopic (exact) mass is 387 g/mol. The van der Waals surface area contributed by atoms with Crippen molar-refractivity contribution >= 4 is 29.6 Å². The van der Waals surface area contributed by atoms with E-state index in [1.54, 1.807) is 4.68 Å². The van der Waals surface area contributed by atoms with Crippen LogP contribution in [0.25, 0.3) is 11.5 Å². The molecule has 0 unspecified atom stereocenters. The molecule has 8 heteroatoms. The highest BCUT2D eigenvalue weighted by Gasteiger charge is 2.19. The molecule has 0 radical (unpaired) electrons. The summed E-state index contributed by atoms with van der Waals surface area (Å²) in [6.07, 6.45) is 1.83. The van der Waals surface area contributed by atoms with Crippen LogP contribution in [0.15, 0.2) is 53.1 Å². The summed E-state index contributed by atoms with van der Waals surface area (Å²) < 4.78 is 7.38. The summed E-state index contributed by atoms with van der Waals surface area (Å²) >= 11 is 11.3. The van der Waals surface area contributed by atoms with Gasteiger partial charge < -0.3 is 9.32 Å². The average molecular weight is 388 g/mol. The number of pyridine rings is 1. The molecule has 4 rings (SSSR count). The summed E-state index contributed by atoms with van der Waals surface area (Å²) in [6, 6.07) is 13.4. The van der Waals surface area contributed by atoms with Gasteiger partial charge in [0.1, 0.15) is 5.82 Å². The van der Waals surface area contributed by atoms with Crippen molar-refractivity contribution in [2.24, 2.45) is 0 Å². The van der Waals surface area contributed by atoms with Crippen LogP contribution >= 0.6 is 23.8 Å². The van der Waals surface area contributed by atoms with E-state index in [2.05, 4.69) is 19.9 Å². The summed E-state index contributed by atoms with van der Waals surface area (Å²) in [5.41, 5.74) is 0.860. The minimum Gasteiger partial charge on any atom is -0.409 e. The second kappa shape index (κ2) is 7.57. The molecule has 1 aliphatic rings. The van der Waals surface area contributed by atoms with Crippen LogP contribution < -0.4 is 4.90 Å². The quantitative estimate of drug-likeness (QED) is 0.636. The molecule has 1 fully saturated rings. The Morgan fingerprint density at radius 1 is 1.04 bits per heavy atom. The number of hydrogen-bond acceptors (Lipinski definition) is 6. The Kier molecular flexibility index (Phi) is 5.01. The Labute approximate surface area is 161 Å². The van der Waals surface area contributed by atoms with E-state index in [1.165, 1.54) is 0 Å². The minimum atomic E-state index is 0.377. The molecule has 0 spiro atoms. The van der Waals surface area contributed by atoms with Crippen molar-refractivity contribution in [3.63, 3.8) is 0 Å². The van der Waals surface area contributed by atoms with Crippen molar-refractivity contribution < 1.29 is 4.42 Å². The second-order valence-electron chi connectivity index (χ2n) is 6.11. The van der Waals surface area contributed by atoms with Gasteiger partial charge in [-0.25, -0.2) is 9.67 Å². The van der Waals surface area contributed by atoms with Gasteiger partial charge in [-0.2, -0.15) is 0 Å². The second-order valence-corrected chi connectivity index (χ2v) is 6.90. The molecule has 2 aromatic heterocycles. The molecular formula is C18H18ClN5OS. The SMILES string of the molecule is S=c1oc(-c2ccc(Cl)cc2)nn1CN1CCN(c2ccccn2)CC1. The maximum absolute atomic E-state index is 5.93. The smallest absolute Gasteiger partial charge is 0.288 e. The van der Waals surface area contributed by atoms with E-state index in [-0.39, 0.29) is 0 Å². The summed E-state index contributed by atoms with van der Waals surface area (Å²) in [7, 11) is 0. The van der Waals surface area contributed by atoms with Crippen molar-refractivity contribution in [1.29, 1.82) is 0 Å². The maximum atomic E-state index is 5.93. The minimum absolute atomic E-state index is 0.377. The summed E-state index contributed by atoms with van der Waals surface area (Å²) in [4.78, 5) is 9.39. The van der Waals surface area contributed by atoms with Gasteiger partial charge in [-0.15, -0.1) is 5.10 Å². The molecule has 1 aliphatic heterocycles. The Morgan fingerprint density at radius 2 is 1.81 bits per heavy atom. The number of aromatic nitrogens is 3. The van der Waals surface area contributed by atoms with Crippen LogP contribution in [0.4, 0.5) is 5.82 Å². The predicted molar refractivity (Wildman–Crippen MR) is 104 cm³/mol. The third-order valence-corrected chi connectivity index (χ3v) is 4.92. The van der Waals surface area contributed by atoms with E-state index in [0.717, 1.165) is 37.6 Å². The zero-order chi connectivity index (χ0) is 17.9. The number of piperazine rings is 1. The van der Waals surface area contributed by atoms with Gasteiger partial charge in [-0.1, -0.05) is 17.7 Å². The Hall–Kier alpha value is -2.22. The number of anilines is 1. The van der Waals surface area contributed by atoms with E-state index in [0.29, 0.717) is 22.4 Å². The molecule has 0 atom stereocenters. The van der Waals surface area contributed by atoms with Crippen molar-refractivity contribution in [3.8, 4) is 11.5 Å². The fourth-order valence-corrected chi connectivity index (χ4v) is 3.26. The molecule has 0 N–H and O–H groups in total. The molecule has 1 aromatic carbocycles. The van der Waals surface area contributed by atoms with E-state index < -0.39 is 0 Å². The molecule has 26 heavy (non-hydrogen) atoms. The normalized spacial score (nSPS) is 15.3. The predicted octanol–water partition coefficient (Wildman–Crippen LogP) is 3.70. The van der Waals surface area contributed by atoms with Crippen molar-refractivity contribution in [3.05, 3.63) is 58.5 Å². The number of halogens is 1. The van der Waals surface area contributed by atoms with Gasteiger partial charge in [0.2, 0.25) is 5.89 Å². The van der Waals surface area contributed by atoms with Gasteiger partial charge in [-0.05, 0) is 48.6 Å². The largest absolute Gasteiger partial charge is 0.409 e. The molecule has 1 saturated heterocycles. The molecular weight excluding hydrogens is 370 g/mol. The molecule has 6 nitrogen and oxygen atoms in total. The number of benzene rings is 1. The highest BCUT2D eigenvalue weighted by molar-refractivity contribution is 7.71. The molecule has 3 aromatic rings. The molecule has 0 bridgehead atoms. The fourth-order valence-electron chi connectivity index (χ4n) is 2.95. The first-order valence-electron chi connectivity index (χ1n) is 8.41. The van der Waals surface area contributed by atoms with Gasteiger partial charge in [0.15, 0.2) is 0 Å². The Balaban J connectivity index is 1.41. The van der Waals surface area contributed by atoms with Gasteiger partial charge in [0.25, 0.3) is 4.84 Å². The fraction of sp³-hybridized carbons (Fsp3) is 0.278. The first-order valence-corrected chi connectivity index (χ1v) is 9.20. The van der Waals surface area contributed by atoms with Crippen LogP contribution in [0, 0.1) is 4.84 Å². The maximum Gasteiger partial charge on any atom is 0.288 e. The first kappa shape index (κ1) is 17.2. The third kappa shape index (κ3) is 3.80. The van der Waals surface area contributed by atoms with Gasteiger partial charge in [-0.3, -0.25) is 4.90 Å². The van der Waals surface area contributed by atoms with E-state index in [9.17, 15) is 0 Å². The van der Waals surface area contributed by atoms with Crippen LogP contribution in [-0.2, 0) is 6.67 Å². The molecule has 0 amide bonds. The van der Waals surface area contributed by atoms with Crippen LogP contribution in [0.2, 0.25) is 5.02 Å². The zero-order valence-corrected chi connectivity index (χ0v) is 15.7. The lowest BCUT2D eigenvalue weighted by Crippen LogP contribution is -2.47. The summed E-state index contributed by atoms with van der Waals surface area (Å²) in [5, 5.41) is 5.19. The van der Waals surface area contributed by atoms with Crippen molar-refractivity contribution in [2.45, 2.75) is 6.67 Å². The highest BCUT2D eigenvalue weighted by Crippen LogP contribution is 2.20.